The van der Waals surface area contributed by atoms with Crippen molar-refractivity contribution in [2.45, 2.75) is 57.9 Å². The number of nitrogens with one attached hydrogen (secondary N) is 1. The van der Waals surface area contributed by atoms with Gasteiger partial charge in [-0.1, -0.05) is 42.5 Å². The van der Waals surface area contributed by atoms with E-state index in [9.17, 15) is 0 Å². The third-order valence-electron chi connectivity index (χ3n) is 7.03. The molecule has 0 aliphatic carbocycles. The molecule has 4 aromatic rings. The summed E-state index contributed by atoms with van der Waals surface area (Å²) in [7, 11) is 0. The number of imidazole rings is 1. The highest BCUT2D eigenvalue weighted by atomic mass is 16.5. The Labute approximate surface area is 207 Å². The van der Waals surface area contributed by atoms with Crippen molar-refractivity contribution in [1.82, 2.24) is 24.8 Å². The molecule has 1 N–H and O–H groups in total. The molecule has 35 heavy (non-hydrogen) atoms. The largest absolute Gasteiger partial charge is 0.373 e. The third kappa shape index (κ3) is 5.50. The van der Waals surface area contributed by atoms with Crippen molar-refractivity contribution < 1.29 is 4.74 Å². The van der Waals surface area contributed by atoms with Gasteiger partial charge in [-0.25, -0.2) is 4.98 Å². The smallest absolute Gasteiger partial charge is 0.0921 e. The zero-order chi connectivity index (χ0) is 24.0. The number of ether oxygens (including phenoxy) is 1. The monoisotopic (exact) mass is 467 g/mol. The topological polar surface area (TPSA) is 66.9 Å². The number of pyridine rings is 2. The van der Waals surface area contributed by atoms with Gasteiger partial charge in [-0.15, -0.1) is 0 Å². The molecule has 1 unspecified atom stereocenters. The molecule has 0 radical (unpaired) electrons. The number of hydrogen-bond donors (Lipinski definition) is 1. The van der Waals surface area contributed by atoms with Crippen molar-refractivity contribution in [1.29, 1.82) is 0 Å². The first-order chi connectivity index (χ1) is 17.2. The summed E-state index contributed by atoms with van der Waals surface area (Å²) in [5.74, 6) is 0. The van der Waals surface area contributed by atoms with E-state index in [1.54, 1.807) is 6.33 Å². The fraction of sp³-hybridized carbons (Fsp3) is 0.345. The Balaban J connectivity index is 1.49. The standard InChI is InChI=1S/C29H33N5O/c1-21-8-6-13-31-28(21)26-16-25(35-19-23-10-4-3-5-11-23)17-27(29-22(2)9-7-14-32-29)34(26)15-12-24-18-30-20-33-24/h3-11,13-14,18,20,25-27H,12,15-17,19H2,1-2H3,(H,30,33)/t25?,26-,27+. The maximum atomic E-state index is 6.55. The van der Waals surface area contributed by atoms with Gasteiger partial charge in [0.25, 0.3) is 0 Å². The van der Waals surface area contributed by atoms with Crippen LogP contribution in [0, 0.1) is 13.8 Å². The van der Waals surface area contributed by atoms with Crippen LogP contribution in [0.1, 0.15) is 58.7 Å². The number of nitrogens with zero attached hydrogens (tertiary/aromatic N) is 4. The molecular formula is C29H33N5O. The van der Waals surface area contributed by atoms with E-state index in [1.165, 1.54) is 16.7 Å². The highest BCUT2D eigenvalue weighted by Gasteiger charge is 2.39. The van der Waals surface area contributed by atoms with E-state index < -0.39 is 0 Å². The molecule has 1 saturated heterocycles. The first kappa shape index (κ1) is 23.4. The van der Waals surface area contributed by atoms with Crippen LogP contribution in [0.2, 0.25) is 0 Å². The number of aromatic nitrogens is 4. The molecule has 0 bridgehead atoms. The molecule has 0 spiro atoms. The number of aryl methyl sites for hydroxylation is 2. The van der Waals surface area contributed by atoms with Crippen molar-refractivity contribution in [2.75, 3.05) is 6.54 Å². The SMILES string of the molecule is Cc1cccnc1[C@H]1CC(OCc2ccccc2)C[C@@H](c2ncccc2C)N1CCc1cnc[nH]1. The molecule has 1 aromatic carbocycles. The summed E-state index contributed by atoms with van der Waals surface area (Å²) in [6.45, 7) is 5.81. The minimum atomic E-state index is 0.108. The van der Waals surface area contributed by atoms with E-state index in [0.717, 1.165) is 42.9 Å². The summed E-state index contributed by atoms with van der Waals surface area (Å²) in [5.41, 5.74) is 7.02. The van der Waals surface area contributed by atoms with E-state index in [0.29, 0.717) is 6.61 Å². The Bertz CT molecular complexity index is 1160. The zero-order valence-electron chi connectivity index (χ0n) is 20.5. The van der Waals surface area contributed by atoms with E-state index in [4.69, 9.17) is 14.7 Å². The van der Waals surface area contributed by atoms with Crippen molar-refractivity contribution in [3.05, 3.63) is 113 Å². The summed E-state index contributed by atoms with van der Waals surface area (Å²) < 4.78 is 6.55. The predicted molar refractivity (Wildman–Crippen MR) is 137 cm³/mol. The number of aromatic amines is 1. The van der Waals surface area contributed by atoms with Crippen LogP contribution in [0.15, 0.2) is 79.5 Å². The van der Waals surface area contributed by atoms with Crippen LogP contribution in [0.5, 0.6) is 0 Å². The Hall–Kier alpha value is -3.35. The minimum absolute atomic E-state index is 0.108. The first-order valence-corrected chi connectivity index (χ1v) is 12.4. The first-order valence-electron chi connectivity index (χ1n) is 12.4. The highest BCUT2D eigenvalue weighted by molar-refractivity contribution is 5.27. The lowest BCUT2D eigenvalue weighted by Crippen LogP contribution is -2.44. The second kappa shape index (κ2) is 10.9. The van der Waals surface area contributed by atoms with Crippen molar-refractivity contribution >= 4 is 0 Å². The van der Waals surface area contributed by atoms with Gasteiger partial charge < -0.3 is 9.72 Å². The van der Waals surface area contributed by atoms with Gasteiger partial charge in [0.05, 0.1) is 42.5 Å². The number of likely N-dealkylation sites (tertiary alicyclic amines) is 1. The summed E-state index contributed by atoms with van der Waals surface area (Å²) in [5, 5.41) is 0. The van der Waals surface area contributed by atoms with Crippen molar-refractivity contribution in [2.24, 2.45) is 0 Å². The van der Waals surface area contributed by atoms with Crippen LogP contribution < -0.4 is 0 Å². The van der Waals surface area contributed by atoms with E-state index in [1.807, 2.05) is 36.8 Å². The predicted octanol–water partition coefficient (Wildman–Crippen LogP) is 5.52. The molecule has 3 aromatic heterocycles. The quantitative estimate of drug-likeness (QED) is 0.369. The van der Waals surface area contributed by atoms with Gasteiger partial charge in [-0.3, -0.25) is 14.9 Å². The second-order valence-corrected chi connectivity index (χ2v) is 9.40. The molecule has 0 amide bonds. The molecule has 6 heteroatoms. The van der Waals surface area contributed by atoms with Gasteiger partial charge in [0.1, 0.15) is 0 Å². The van der Waals surface area contributed by atoms with E-state index >= 15 is 0 Å². The lowest BCUT2D eigenvalue weighted by Gasteiger charge is -2.45. The van der Waals surface area contributed by atoms with Crippen LogP contribution >= 0.6 is 0 Å². The lowest BCUT2D eigenvalue weighted by molar-refractivity contribution is -0.0533. The summed E-state index contributed by atoms with van der Waals surface area (Å²) >= 11 is 0. The zero-order valence-corrected chi connectivity index (χ0v) is 20.5. The highest BCUT2D eigenvalue weighted by Crippen LogP contribution is 2.43. The molecule has 0 saturated carbocycles. The van der Waals surface area contributed by atoms with Crippen LogP contribution in [0.4, 0.5) is 0 Å². The summed E-state index contributed by atoms with van der Waals surface area (Å²) in [4.78, 5) is 19.8. The van der Waals surface area contributed by atoms with E-state index in [-0.39, 0.29) is 18.2 Å². The molecule has 1 fully saturated rings. The van der Waals surface area contributed by atoms with Crippen molar-refractivity contribution in [3.63, 3.8) is 0 Å². The molecular weight excluding hydrogens is 434 g/mol. The number of H-pyrrole nitrogens is 1. The van der Waals surface area contributed by atoms with Gasteiger partial charge in [0.2, 0.25) is 0 Å². The summed E-state index contributed by atoms with van der Waals surface area (Å²) in [6.07, 6.45) is 10.3. The molecule has 4 heterocycles. The maximum absolute atomic E-state index is 6.55. The van der Waals surface area contributed by atoms with Gasteiger partial charge in [0.15, 0.2) is 0 Å². The van der Waals surface area contributed by atoms with Gasteiger partial charge in [0, 0.05) is 37.3 Å². The van der Waals surface area contributed by atoms with Crippen LogP contribution in [0.3, 0.4) is 0 Å². The van der Waals surface area contributed by atoms with Gasteiger partial charge >= 0.3 is 0 Å². The lowest BCUT2D eigenvalue weighted by atomic mass is 9.86. The second-order valence-electron chi connectivity index (χ2n) is 9.40. The fourth-order valence-electron chi connectivity index (χ4n) is 5.22. The molecule has 180 valence electrons. The molecule has 1 aliphatic rings. The molecule has 6 nitrogen and oxygen atoms in total. The molecule has 1 aliphatic heterocycles. The van der Waals surface area contributed by atoms with Crippen LogP contribution in [-0.2, 0) is 17.8 Å². The average molecular weight is 468 g/mol. The maximum Gasteiger partial charge on any atom is 0.0921 e. The van der Waals surface area contributed by atoms with Crippen molar-refractivity contribution in [3.8, 4) is 0 Å². The Morgan fingerprint density at radius 1 is 0.886 bits per heavy atom. The third-order valence-corrected chi connectivity index (χ3v) is 7.03. The number of hydrogen-bond acceptors (Lipinski definition) is 5. The van der Waals surface area contributed by atoms with E-state index in [2.05, 4.69) is 65.1 Å². The summed E-state index contributed by atoms with van der Waals surface area (Å²) in [6, 6.07) is 19.0. The minimum Gasteiger partial charge on any atom is -0.373 e. The average Bonchev–Trinajstić information content (AvgIpc) is 3.41. The van der Waals surface area contributed by atoms with Gasteiger partial charge in [-0.2, -0.15) is 0 Å². The van der Waals surface area contributed by atoms with Crippen LogP contribution in [0.25, 0.3) is 0 Å². The Kier molecular flexibility index (Phi) is 7.31. The van der Waals surface area contributed by atoms with Crippen LogP contribution in [-0.4, -0.2) is 37.5 Å². The van der Waals surface area contributed by atoms with Gasteiger partial charge in [-0.05, 0) is 55.5 Å². The normalized spacial score (nSPS) is 20.7. The number of rotatable bonds is 8. The number of benzene rings is 1. The molecule has 5 rings (SSSR count). The Morgan fingerprint density at radius 2 is 1.54 bits per heavy atom. The molecule has 3 atom stereocenters. The Morgan fingerprint density at radius 3 is 2.11 bits per heavy atom. The number of piperidine rings is 1. The fourth-order valence-corrected chi connectivity index (χ4v) is 5.22.